The fourth-order valence-corrected chi connectivity index (χ4v) is 3.64. The number of fused-ring (bicyclic) bond motifs is 3. The van der Waals surface area contributed by atoms with Gasteiger partial charge in [0.05, 0.1) is 30.6 Å². The number of rotatable bonds is 1. The number of piperidine rings is 1. The molecule has 2 aromatic rings. The number of nitrogens with one attached hydrogen (secondary N) is 1. The average Bonchev–Trinajstić information content (AvgIpc) is 3.02. The molecule has 0 spiro atoms. The second-order valence-electron chi connectivity index (χ2n) is 6.44. The van der Waals surface area contributed by atoms with Crippen molar-refractivity contribution < 1.29 is 9.53 Å². The number of aromatic amines is 1. The summed E-state index contributed by atoms with van der Waals surface area (Å²) in [7, 11) is 0. The maximum atomic E-state index is 12.9. The van der Waals surface area contributed by atoms with E-state index in [0.717, 1.165) is 17.8 Å². The summed E-state index contributed by atoms with van der Waals surface area (Å²) in [6.07, 6.45) is 2.44. The summed E-state index contributed by atoms with van der Waals surface area (Å²) >= 11 is 0. The van der Waals surface area contributed by atoms with Crippen molar-refractivity contribution in [1.29, 1.82) is 0 Å². The zero-order valence-electron chi connectivity index (χ0n) is 13.7. The summed E-state index contributed by atoms with van der Waals surface area (Å²) in [6.45, 7) is 5.09. The lowest BCUT2D eigenvalue weighted by molar-refractivity contribution is -0.0605. The van der Waals surface area contributed by atoms with Gasteiger partial charge in [0, 0.05) is 30.5 Å². The number of H-pyrrole nitrogens is 1. The lowest BCUT2D eigenvalue weighted by Gasteiger charge is -2.41. The monoisotopic (exact) mass is 329 g/mol. The number of carbonyl (C=O) groups excluding carboxylic acids is 1. The predicted molar refractivity (Wildman–Crippen MR) is 84.7 cm³/mol. The van der Waals surface area contributed by atoms with E-state index in [4.69, 9.17) is 4.74 Å². The van der Waals surface area contributed by atoms with Crippen LogP contribution >= 0.6 is 0 Å². The molecule has 1 fully saturated rings. The molecule has 1 amide bonds. The van der Waals surface area contributed by atoms with Crippen molar-refractivity contribution in [3.05, 3.63) is 45.1 Å². The Labute approximate surface area is 138 Å². The van der Waals surface area contributed by atoms with Gasteiger partial charge >= 0.3 is 0 Å². The van der Waals surface area contributed by atoms with Crippen molar-refractivity contribution in [3.8, 4) is 0 Å². The van der Waals surface area contributed by atoms with Crippen LogP contribution < -0.4 is 5.43 Å². The van der Waals surface area contributed by atoms with Gasteiger partial charge < -0.3 is 14.6 Å². The molecule has 2 atom stereocenters. The highest BCUT2D eigenvalue weighted by Crippen LogP contribution is 2.30. The molecule has 0 radical (unpaired) electrons. The Morgan fingerprint density at radius 2 is 2.25 bits per heavy atom. The largest absolute Gasteiger partial charge is 0.370 e. The van der Waals surface area contributed by atoms with Crippen molar-refractivity contribution in [1.82, 2.24) is 24.9 Å². The Bertz CT molecular complexity index is 856. The number of hydrogen-bond donors (Lipinski definition) is 1. The van der Waals surface area contributed by atoms with Gasteiger partial charge in [-0.2, -0.15) is 0 Å². The van der Waals surface area contributed by atoms with Gasteiger partial charge in [-0.05, 0) is 20.3 Å². The number of aryl methyl sites for hydroxylation is 2. The molecule has 2 aliphatic rings. The van der Waals surface area contributed by atoms with Gasteiger partial charge in [0.25, 0.3) is 5.91 Å². The van der Waals surface area contributed by atoms with Crippen LogP contribution in [0, 0.1) is 13.8 Å². The molecule has 24 heavy (non-hydrogen) atoms. The lowest BCUT2D eigenvalue weighted by atomic mass is 9.99. The maximum Gasteiger partial charge on any atom is 0.259 e. The minimum Gasteiger partial charge on any atom is -0.370 e. The predicted octanol–water partition coefficient (Wildman–Crippen LogP) is 0.569. The van der Waals surface area contributed by atoms with Gasteiger partial charge in [-0.25, -0.2) is 4.68 Å². The first kappa shape index (κ1) is 15.1. The smallest absolute Gasteiger partial charge is 0.259 e. The Morgan fingerprint density at radius 3 is 3.04 bits per heavy atom. The molecule has 1 saturated heterocycles. The van der Waals surface area contributed by atoms with Crippen LogP contribution in [-0.4, -0.2) is 50.0 Å². The SMILES string of the molecule is Cc1cc(=O)c(C(=O)N2CC[C@H]3OCc4cnnn4[C@@H]3C2)c(C)[nH]1. The van der Waals surface area contributed by atoms with E-state index in [-0.39, 0.29) is 29.0 Å². The Morgan fingerprint density at radius 1 is 1.42 bits per heavy atom. The van der Waals surface area contributed by atoms with Gasteiger partial charge in [0.2, 0.25) is 0 Å². The zero-order valence-corrected chi connectivity index (χ0v) is 13.7. The Kier molecular flexibility index (Phi) is 3.49. The van der Waals surface area contributed by atoms with Crippen LogP contribution in [0.4, 0.5) is 0 Å². The zero-order chi connectivity index (χ0) is 16.8. The van der Waals surface area contributed by atoms with Crippen LogP contribution in [0.15, 0.2) is 17.1 Å². The highest BCUT2D eigenvalue weighted by atomic mass is 16.5. The fraction of sp³-hybridized carbons (Fsp3) is 0.500. The number of ether oxygens (including phenoxy) is 1. The van der Waals surface area contributed by atoms with E-state index in [9.17, 15) is 9.59 Å². The minimum atomic E-state index is -0.239. The number of amides is 1. The summed E-state index contributed by atoms with van der Waals surface area (Å²) in [5.41, 5.74) is 2.25. The first-order chi connectivity index (χ1) is 11.5. The van der Waals surface area contributed by atoms with E-state index >= 15 is 0 Å². The summed E-state index contributed by atoms with van der Waals surface area (Å²) in [4.78, 5) is 29.9. The van der Waals surface area contributed by atoms with E-state index < -0.39 is 0 Å². The van der Waals surface area contributed by atoms with Crippen LogP contribution in [0.5, 0.6) is 0 Å². The minimum absolute atomic E-state index is 0.0284. The van der Waals surface area contributed by atoms with Gasteiger partial charge in [-0.3, -0.25) is 9.59 Å². The summed E-state index contributed by atoms with van der Waals surface area (Å²) < 4.78 is 7.70. The summed E-state index contributed by atoms with van der Waals surface area (Å²) in [5, 5.41) is 8.07. The van der Waals surface area contributed by atoms with Gasteiger partial charge in [0.15, 0.2) is 5.43 Å². The first-order valence-corrected chi connectivity index (χ1v) is 8.05. The molecule has 2 aromatic heterocycles. The molecule has 126 valence electrons. The third-order valence-electron chi connectivity index (χ3n) is 4.78. The van der Waals surface area contributed by atoms with Crippen LogP contribution in [0.1, 0.15) is 39.9 Å². The molecule has 0 aromatic carbocycles. The molecule has 0 unspecified atom stereocenters. The molecule has 4 rings (SSSR count). The van der Waals surface area contributed by atoms with Crippen LogP contribution in [-0.2, 0) is 11.3 Å². The van der Waals surface area contributed by atoms with Crippen LogP contribution in [0.2, 0.25) is 0 Å². The quantitative estimate of drug-likeness (QED) is 0.825. The topological polar surface area (TPSA) is 93.1 Å². The highest BCUT2D eigenvalue weighted by molar-refractivity contribution is 5.95. The van der Waals surface area contributed by atoms with Crippen LogP contribution in [0.3, 0.4) is 0 Å². The first-order valence-electron chi connectivity index (χ1n) is 8.05. The third kappa shape index (κ3) is 2.34. The number of carbonyl (C=O) groups is 1. The van der Waals surface area contributed by atoms with Crippen molar-refractivity contribution in [2.75, 3.05) is 13.1 Å². The average molecular weight is 329 g/mol. The third-order valence-corrected chi connectivity index (χ3v) is 4.78. The fourth-order valence-electron chi connectivity index (χ4n) is 3.64. The number of pyridine rings is 1. The van der Waals surface area contributed by atoms with Gasteiger partial charge in [-0.1, -0.05) is 5.21 Å². The molecule has 8 heteroatoms. The molecule has 0 aliphatic carbocycles. The van der Waals surface area contributed by atoms with E-state index in [0.29, 0.717) is 25.4 Å². The molecule has 2 aliphatic heterocycles. The Balaban J connectivity index is 1.63. The second-order valence-corrected chi connectivity index (χ2v) is 6.44. The molecule has 4 heterocycles. The molecule has 1 N–H and O–H groups in total. The molecule has 8 nitrogen and oxygen atoms in total. The number of likely N-dealkylation sites (tertiary alicyclic amines) is 1. The summed E-state index contributed by atoms with van der Waals surface area (Å²) in [5.74, 6) is -0.237. The van der Waals surface area contributed by atoms with Crippen molar-refractivity contribution >= 4 is 5.91 Å². The highest BCUT2D eigenvalue weighted by Gasteiger charge is 2.38. The number of aromatic nitrogens is 4. The second kappa shape index (κ2) is 5.55. The Hall–Kier alpha value is -2.48. The van der Waals surface area contributed by atoms with Crippen molar-refractivity contribution in [2.24, 2.45) is 0 Å². The van der Waals surface area contributed by atoms with Gasteiger partial charge in [0.1, 0.15) is 5.56 Å². The molecular weight excluding hydrogens is 310 g/mol. The molecule has 0 saturated carbocycles. The van der Waals surface area contributed by atoms with Crippen molar-refractivity contribution in [2.45, 2.75) is 39.0 Å². The van der Waals surface area contributed by atoms with E-state index in [1.165, 1.54) is 6.07 Å². The maximum absolute atomic E-state index is 12.9. The van der Waals surface area contributed by atoms with E-state index in [2.05, 4.69) is 15.3 Å². The summed E-state index contributed by atoms with van der Waals surface area (Å²) in [6, 6.07) is 1.41. The lowest BCUT2D eigenvalue weighted by Crippen LogP contribution is -2.50. The van der Waals surface area contributed by atoms with E-state index in [1.54, 1.807) is 24.9 Å². The molecular formula is C16H19N5O3. The van der Waals surface area contributed by atoms with Crippen LogP contribution in [0.25, 0.3) is 0 Å². The molecule has 0 bridgehead atoms. The normalized spacial score (nSPS) is 22.8. The van der Waals surface area contributed by atoms with Crippen molar-refractivity contribution in [3.63, 3.8) is 0 Å². The van der Waals surface area contributed by atoms with Gasteiger partial charge in [-0.15, -0.1) is 5.10 Å². The number of nitrogens with zero attached hydrogens (tertiary/aromatic N) is 4. The standard InChI is InChI=1S/C16H19N5O3/c1-9-5-13(22)15(10(2)18-9)16(23)20-4-3-14-12(7-20)21-11(8-24-14)6-17-19-21/h5-6,12,14H,3-4,7-8H2,1-2H3,(H,18,22)/t12-,14-/m1/s1. The van der Waals surface area contributed by atoms with E-state index in [1.807, 2.05) is 4.68 Å². The number of hydrogen-bond acceptors (Lipinski definition) is 5.